The Labute approximate surface area is 110 Å². The van der Waals surface area contributed by atoms with Crippen molar-refractivity contribution in [1.29, 1.82) is 0 Å². The predicted molar refractivity (Wildman–Crippen MR) is 76.6 cm³/mol. The van der Waals surface area contributed by atoms with Gasteiger partial charge in [0, 0.05) is 19.8 Å². The van der Waals surface area contributed by atoms with Crippen LogP contribution in [0.1, 0.15) is 31.5 Å². The summed E-state index contributed by atoms with van der Waals surface area (Å²) in [6.07, 6.45) is 2.96. The quantitative estimate of drug-likeness (QED) is 0.620. The maximum Gasteiger partial charge on any atom is 0.191 e. The van der Waals surface area contributed by atoms with Gasteiger partial charge >= 0.3 is 0 Å². The molecule has 1 rings (SSSR count). The van der Waals surface area contributed by atoms with Crippen LogP contribution < -0.4 is 10.6 Å². The molecular formula is C14H24N4. The standard InChI is InChI=1S/C14H24N4/c1-11(2)7-9-17-14(15-4)18-10-13-12(3)6-5-8-16-13/h5-6,8,11H,7,9-10H2,1-4H3,(H2,15,17,18). The molecule has 0 unspecified atom stereocenters. The van der Waals surface area contributed by atoms with Crippen molar-refractivity contribution in [3.63, 3.8) is 0 Å². The number of nitrogens with one attached hydrogen (secondary N) is 2. The third-order valence-electron chi connectivity index (χ3n) is 2.78. The van der Waals surface area contributed by atoms with Gasteiger partial charge in [0.15, 0.2) is 5.96 Å². The summed E-state index contributed by atoms with van der Waals surface area (Å²) in [4.78, 5) is 8.54. The molecule has 100 valence electrons. The van der Waals surface area contributed by atoms with E-state index in [1.807, 2.05) is 12.3 Å². The van der Waals surface area contributed by atoms with E-state index in [-0.39, 0.29) is 0 Å². The Morgan fingerprint density at radius 3 is 2.78 bits per heavy atom. The van der Waals surface area contributed by atoms with Crippen molar-refractivity contribution >= 4 is 5.96 Å². The van der Waals surface area contributed by atoms with Crippen LogP contribution in [0.5, 0.6) is 0 Å². The van der Waals surface area contributed by atoms with Gasteiger partial charge in [-0.15, -0.1) is 0 Å². The molecule has 0 aromatic carbocycles. The number of pyridine rings is 1. The van der Waals surface area contributed by atoms with Gasteiger partial charge in [0.1, 0.15) is 0 Å². The van der Waals surface area contributed by atoms with E-state index in [4.69, 9.17) is 0 Å². The number of hydrogen-bond acceptors (Lipinski definition) is 2. The Morgan fingerprint density at radius 2 is 2.17 bits per heavy atom. The summed E-state index contributed by atoms with van der Waals surface area (Å²) in [7, 11) is 1.79. The molecule has 0 radical (unpaired) electrons. The first-order valence-electron chi connectivity index (χ1n) is 6.48. The minimum absolute atomic E-state index is 0.702. The SMILES string of the molecule is CN=C(NCCC(C)C)NCc1ncccc1C. The second kappa shape index (κ2) is 7.69. The van der Waals surface area contributed by atoms with Crippen LogP contribution in [0.15, 0.2) is 23.3 Å². The van der Waals surface area contributed by atoms with Crippen molar-refractivity contribution in [2.45, 2.75) is 33.7 Å². The Balaban J connectivity index is 2.39. The fourth-order valence-corrected chi connectivity index (χ4v) is 1.57. The number of aryl methyl sites for hydroxylation is 1. The average Bonchev–Trinajstić information content (AvgIpc) is 2.35. The van der Waals surface area contributed by atoms with Crippen molar-refractivity contribution in [2.24, 2.45) is 10.9 Å². The fourth-order valence-electron chi connectivity index (χ4n) is 1.57. The van der Waals surface area contributed by atoms with Crippen LogP contribution in [-0.2, 0) is 6.54 Å². The van der Waals surface area contributed by atoms with Crippen molar-refractivity contribution in [3.05, 3.63) is 29.6 Å². The van der Waals surface area contributed by atoms with Crippen LogP contribution in [0.25, 0.3) is 0 Å². The third-order valence-corrected chi connectivity index (χ3v) is 2.78. The molecule has 4 heteroatoms. The molecule has 0 fully saturated rings. The van der Waals surface area contributed by atoms with E-state index in [0.717, 1.165) is 24.6 Å². The van der Waals surface area contributed by atoms with E-state index in [2.05, 4.69) is 47.4 Å². The van der Waals surface area contributed by atoms with Crippen LogP contribution in [0.2, 0.25) is 0 Å². The van der Waals surface area contributed by atoms with Crippen LogP contribution in [0.4, 0.5) is 0 Å². The Bertz CT molecular complexity index is 385. The maximum atomic E-state index is 4.35. The molecule has 0 aliphatic heterocycles. The predicted octanol–water partition coefficient (Wildman–Crippen LogP) is 2.10. The topological polar surface area (TPSA) is 49.3 Å². The van der Waals surface area contributed by atoms with Crippen LogP contribution in [-0.4, -0.2) is 24.5 Å². The van der Waals surface area contributed by atoms with E-state index in [1.54, 1.807) is 7.05 Å². The molecule has 0 aliphatic rings. The van der Waals surface area contributed by atoms with Crippen LogP contribution in [0.3, 0.4) is 0 Å². The monoisotopic (exact) mass is 248 g/mol. The maximum absolute atomic E-state index is 4.35. The highest BCUT2D eigenvalue weighted by Gasteiger charge is 2.01. The van der Waals surface area contributed by atoms with Gasteiger partial charge in [-0.1, -0.05) is 19.9 Å². The Kier molecular flexibility index (Phi) is 6.19. The zero-order chi connectivity index (χ0) is 13.4. The smallest absolute Gasteiger partial charge is 0.191 e. The molecule has 0 amide bonds. The molecule has 2 N–H and O–H groups in total. The first-order valence-corrected chi connectivity index (χ1v) is 6.48. The number of hydrogen-bond donors (Lipinski definition) is 2. The molecule has 18 heavy (non-hydrogen) atoms. The molecule has 0 saturated carbocycles. The Hall–Kier alpha value is -1.58. The summed E-state index contributed by atoms with van der Waals surface area (Å²) in [5.41, 5.74) is 2.26. The third kappa shape index (κ3) is 5.17. The van der Waals surface area contributed by atoms with Gasteiger partial charge in [0.05, 0.1) is 12.2 Å². The Morgan fingerprint density at radius 1 is 1.39 bits per heavy atom. The number of aromatic nitrogens is 1. The van der Waals surface area contributed by atoms with Crippen molar-refractivity contribution < 1.29 is 0 Å². The second-order valence-electron chi connectivity index (χ2n) is 4.80. The summed E-state index contributed by atoms with van der Waals surface area (Å²) in [6.45, 7) is 8.15. The first kappa shape index (κ1) is 14.5. The lowest BCUT2D eigenvalue weighted by Crippen LogP contribution is -2.37. The van der Waals surface area contributed by atoms with E-state index < -0.39 is 0 Å². The summed E-state index contributed by atoms with van der Waals surface area (Å²) in [5, 5.41) is 6.58. The highest BCUT2D eigenvalue weighted by molar-refractivity contribution is 5.79. The first-order chi connectivity index (χ1) is 8.63. The summed E-state index contributed by atoms with van der Waals surface area (Å²) >= 11 is 0. The van der Waals surface area contributed by atoms with Gasteiger partial charge in [-0.2, -0.15) is 0 Å². The van der Waals surface area contributed by atoms with Gasteiger partial charge in [-0.05, 0) is 30.9 Å². The molecule has 1 aromatic rings. The number of guanidine groups is 1. The van der Waals surface area contributed by atoms with Gasteiger partial charge in [0.2, 0.25) is 0 Å². The molecule has 1 heterocycles. The summed E-state index contributed by atoms with van der Waals surface area (Å²) in [6, 6.07) is 4.02. The zero-order valence-corrected chi connectivity index (χ0v) is 11.8. The van der Waals surface area contributed by atoms with E-state index >= 15 is 0 Å². The lowest BCUT2D eigenvalue weighted by molar-refractivity contribution is 0.573. The minimum atomic E-state index is 0.702. The van der Waals surface area contributed by atoms with Crippen molar-refractivity contribution in [1.82, 2.24) is 15.6 Å². The van der Waals surface area contributed by atoms with Gasteiger partial charge in [-0.25, -0.2) is 0 Å². The second-order valence-corrected chi connectivity index (χ2v) is 4.80. The molecule has 0 aliphatic carbocycles. The average molecular weight is 248 g/mol. The lowest BCUT2D eigenvalue weighted by Gasteiger charge is -2.13. The fraction of sp³-hybridized carbons (Fsp3) is 0.571. The van der Waals surface area contributed by atoms with Gasteiger partial charge in [0.25, 0.3) is 0 Å². The van der Waals surface area contributed by atoms with Crippen LogP contribution in [0, 0.1) is 12.8 Å². The van der Waals surface area contributed by atoms with Crippen LogP contribution >= 0.6 is 0 Å². The lowest BCUT2D eigenvalue weighted by atomic mass is 10.1. The molecule has 0 spiro atoms. The zero-order valence-electron chi connectivity index (χ0n) is 11.8. The number of aliphatic imine (C=N–C) groups is 1. The van der Waals surface area contributed by atoms with E-state index in [9.17, 15) is 0 Å². The largest absolute Gasteiger partial charge is 0.356 e. The molecule has 0 bridgehead atoms. The highest BCUT2D eigenvalue weighted by atomic mass is 15.2. The van der Waals surface area contributed by atoms with Gasteiger partial charge in [-0.3, -0.25) is 9.98 Å². The number of nitrogens with zero attached hydrogens (tertiary/aromatic N) is 2. The minimum Gasteiger partial charge on any atom is -0.356 e. The highest BCUT2D eigenvalue weighted by Crippen LogP contribution is 2.02. The summed E-state index contributed by atoms with van der Waals surface area (Å²) in [5.74, 6) is 1.54. The molecule has 1 aromatic heterocycles. The molecular weight excluding hydrogens is 224 g/mol. The molecule has 0 saturated heterocycles. The van der Waals surface area contributed by atoms with E-state index in [1.165, 1.54) is 5.56 Å². The molecule has 0 atom stereocenters. The van der Waals surface area contributed by atoms with E-state index in [0.29, 0.717) is 12.5 Å². The molecule has 4 nitrogen and oxygen atoms in total. The summed E-state index contributed by atoms with van der Waals surface area (Å²) < 4.78 is 0. The number of rotatable bonds is 5. The van der Waals surface area contributed by atoms with Crippen molar-refractivity contribution in [3.8, 4) is 0 Å². The van der Waals surface area contributed by atoms with Gasteiger partial charge < -0.3 is 10.6 Å². The van der Waals surface area contributed by atoms with Crippen molar-refractivity contribution in [2.75, 3.05) is 13.6 Å². The normalized spacial score (nSPS) is 11.7.